The predicted molar refractivity (Wildman–Crippen MR) is 65.1 cm³/mol. The van der Waals surface area contributed by atoms with Crippen LogP contribution < -0.4 is 5.32 Å². The van der Waals surface area contributed by atoms with Crippen molar-refractivity contribution in [2.45, 2.75) is 6.54 Å². The predicted octanol–water partition coefficient (Wildman–Crippen LogP) is 4.37. The molecule has 2 aromatic carbocycles. The zero-order chi connectivity index (χ0) is 13.1. The molecule has 0 radical (unpaired) electrons. The van der Waals surface area contributed by atoms with E-state index in [0.717, 1.165) is 12.1 Å². The molecule has 0 aliphatic heterocycles. The van der Waals surface area contributed by atoms with Crippen LogP contribution in [0.2, 0.25) is 5.02 Å². The smallest absolute Gasteiger partial charge is 0.160 e. The third kappa shape index (κ3) is 2.96. The average molecular weight is 272 g/mol. The van der Waals surface area contributed by atoms with E-state index in [2.05, 4.69) is 5.32 Å². The first kappa shape index (κ1) is 12.8. The van der Waals surface area contributed by atoms with Gasteiger partial charge in [-0.15, -0.1) is 0 Å². The molecule has 0 bridgehead atoms. The molecule has 0 aliphatic rings. The number of benzene rings is 2. The summed E-state index contributed by atoms with van der Waals surface area (Å²) in [5.74, 6) is -2.25. The van der Waals surface area contributed by atoms with Crippen LogP contribution >= 0.6 is 11.6 Å². The Hall–Kier alpha value is -1.68. The third-order valence-corrected chi connectivity index (χ3v) is 2.78. The molecule has 1 nitrogen and oxygen atoms in total. The molecule has 2 aromatic rings. The van der Waals surface area contributed by atoms with E-state index in [1.54, 1.807) is 0 Å². The van der Waals surface area contributed by atoms with Gasteiger partial charge in [0.05, 0.1) is 0 Å². The second-order valence-electron chi connectivity index (χ2n) is 3.72. The summed E-state index contributed by atoms with van der Waals surface area (Å²) in [6.45, 7) is 0.224. The highest BCUT2D eigenvalue weighted by atomic mass is 35.5. The van der Waals surface area contributed by atoms with Gasteiger partial charge in [-0.3, -0.25) is 0 Å². The number of halogens is 4. The zero-order valence-electron chi connectivity index (χ0n) is 9.18. The van der Waals surface area contributed by atoms with Crippen LogP contribution in [0.4, 0.5) is 18.9 Å². The molecule has 0 unspecified atom stereocenters. The van der Waals surface area contributed by atoms with E-state index in [1.165, 1.54) is 24.3 Å². The largest absolute Gasteiger partial charge is 0.381 e. The Kier molecular flexibility index (Phi) is 3.77. The second-order valence-corrected chi connectivity index (χ2v) is 4.13. The Morgan fingerprint density at radius 3 is 2.44 bits per heavy atom. The molecule has 18 heavy (non-hydrogen) atoms. The molecule has 0 saturated carbocycles. The number of hydrogen-bond donors (Lipinski definition) is 1. The summed E-state index contributed by atoms with van der Waals surface area (Å²) in [5, 5.41) is 3.25. The molecule has 0 atom stereocenters. The number of nitrogens with one attached hydrogen (secondary N) is 1. The molecule has 2 rings (SSSR count). The van der Waals surface area contributed by atoms with Crippen LogP contribution in [-0.2, 0) is 6.54 Å². The highest BCUT2D eigenvalue weighted by molar-refractivity contribution is 6.31. The molecular formula is C13H9ClF3N. The van der Waals surface area contributed by atoms with Crippen LogP contribution in [0.1, 0.15) is 5.56 Å². The van der Waals surface area contributed by atoms with Crippen LogP contribution in [0.5, 0.6) is 0 Å². The summed E-state index contributed by atoms with van der Waals surface area (Å²) in [6.07, 6.45) is 0. The molecule has 0 aliphatic carbocycles. The first-order chi connectivity index (χ1) is 8.56. The van der Waals surface area contributed by atoms with Gasteiger partial charge >= 0.3 is 0 Å². The van der Waals surface area contributed by atoms with Gasteiger partial charge in [-0.05, 0) is 35.9 Å². The molecule has 94 valence electrons. The molecule has 0 heterocycles. The topological polar surface area (TPSA) is 12.0 Å². The van der Waals surface area contributed by atoms with Crippen molar-refractivity contribution in [2.24, 2.45) is 0 Å². The summed E-state index contributed by atoms with van der Waals surface area (Å²) >= 11 is 5.88. The van der Waals surface area contributed by atoms with Gasteiger partial charge in [0.2, 0.25) is 0 Å². The normalized spacial score (nSPS) is 10.4. The SMILES string of the molecule is Fc1ccc(Cl)c(CNc2ccc(F)c(F)c2)c1. The van der Waals surface area contributed by atoms with Crippen LogP contribution in [0.3, 0.4) is 0 Å². The Morgan fingerprint density at radius 1 is 0.944 bits per heavy atom. The lowest BCUT2D eigenvalue weighted by atomic mass is 10.2. The first-order valence-electron chi connectivity index (χ1n) is 5.19. The average Bonchev–Trinajstić information content (AvgIpc) is 2.34. The molecule has 1 N–H and O–H groups in total. The summed E-state index contributed by atoms with van der Waals surface area (Å²) < 4.78 is 38.6. The minimum absolute atomic E-state index is 0.224. The number of rotatable bonds is 3. The van der Waals surface area contributed by atoms with Gasteiger partial charge in [-0.2, -0.15) is 0 Å². The second kappa shape index (κ2) is 5.31. The highest BCUT2D eigenvalue weighted by Gasteiger charge is 2.04. The van der Waals surface area contributed by atoms with Gasteiger partial charge in [0.15, 0.2) is 11.6 Å². The zero-order valence-corrected chi connectivity index (χ0v) is 9.94. The summed E-state index contributed by atoms with van der Waals surface area (Å²) in [7, 11) is 0. The minimum atomic E-state index is -0.940. The molecule has 0 amide bonds. The van der Waals surface area contributed by atoms with E-state index in [1.807, 2.05) is 0 Å². The van der Waals surface area contributed by atoms with Gasteiger partial charge in [0.1, 0.15) is 5.82 Å². The third-order valence-electron chi connectivity index (χ3n) is 2.41. The first-order valence-corrected chi connectivity index (χ1v) is 5.57. The maximum atomic E-state index is 13.0. The minimum Gasteiger partial charge on any atom is -0.381 e. The van der Waals surface area contributed by atoms with Gasteiger partial charge in [0, 0.05) is 23.3 Å². The highest BCUT2D eigenvalue weighted by Crippen LogP contribution is 2.19. The maximum absolute atomic E-state index is 13.0. The molecule has 0 saturated heterocycles. The number of anilines is 1. The fourth-order valence-corrected chi connectivity index (χ4v) is 1.67. The fourth-order valence-electron chi connectivity index (χ4n) is 1.48. The monoisotopic (exact) mass is 271 g/mol. The van der Waals surface area contributed by atoms with Crippen molar-refractivity contribution in [3.8, 4) is 0 Å². The van der Waals surface area contributed by atoms with E-state index < -0.39 is 17.5 Å². The van der Waals surface area contributed by atoms with Crippen LogP contribution in [0.15, 0.2) is 36.4 Å². The lowest BCUT2D eigenvalue weighted by molar-refractivity contribution is 0.509. The van der Waals surface area contributed by atoms with Crippen LogP contribution in [0.25, 0.3) is 0 Å². The maximum Gasteiger partial charge on any atom is 0.160 e. The van der Waals surface area contributed by atoms with Crippen LogP contribution in [0, 0.1) is 17.5 Å². The molecule has 0 spiro atoms. The van der Waals surface area contributed by atoms with Crippen molar-refractivity contribution in [3.63, 3.8) is 0 Å². The van der Waals surface area contributed by atoms with E-state index in [0.29, 0.717) is 16.3 Å². The van der Waals surface area contributed by atoms with Crippen molar-refractivity contribution in [1.82, 2.24) is 0 Å². The van der Waals surface area contributed by atoms with Crippen LogP contribution in [-0.4, -0.2) is 0 Å². The Balaban J connectivity index is 2.11. The van der Waals surface area contributed by atoms with E-state index in [4.69, 9.17) is 11.6 Å². The van der Waals surface area contributed by atoms with Crippen molar-refractivity contribution >= 4 is 17.3 Å². The standard InChI is InChI=1S/C13H9ClF3N/c14-11-3-1-9(15)5-8(11)7-18-10-2-4-12(16)13(17)6-10/h1-6,18H,7H2. The van der Waals surface area contributed by atoms with E-state index in [-0.39, 0.29) is 6.54 Å². The van der Waals surface area contributed by atoms with Gasteiger partial charge in [-0.25, -0.2) is 13.2 Å². The van der Waals surface area contributed by atoms with E-state index in [9.17, 15) is 13.2 Å². The van der Waals surface area contributed by atoms with Crippen molar-refractivity contribution in [3.05, 3.63) is 64.4 Å². The summed E-state index contributed by atoms with van der Waals surface area (Å²) in [6, 6.07) is 7.43. The fraction of sp³-hybridized carbons (Fsp3) is 0.0769. The quantitative estimate of drug-likeness (QED) is 0.874. The van der Waals surface area contributed by atoms with Crippen molar-refractivity contribution in [2.75, 3.05) is 5.32 Å². The van der Waals surface area contributed by atoms with Gasteiger partial charge < -0.3 is 5.32 Å². The lowest BCUT2D eigenvalue weighted by Crippen LogP contribution is -2.01. The Morgan fingerprint density at radius 2 is 1.72 bits per heavy atom. The van der Waals surface area contributed by atoms with E-state index >= 15 is 0 Å². The van der Waals surface area contributed by atoms with Crippen molar-refractivity contribution < 1.29 is 13.2 Å². The van der Waals surface area contributed by atoms with Gasteiger partial charge in [0.25, 0.3) is 0 Å². The van der Waals surface area contributed by atoms with Crippen molar-refractivity contribution in [1.29, 1.82) is 0 Å². The number of hydrogen-bond acceptors (Lipinski definition) is 1. The molecule has 0 aromatic heterocycles. The molecule has 5 heteroatoms. The summed E-state index contributed by atoms with van der Waals surface area (Å²) in [5.41, 5.74) is 0.940. The Bertz CT molecular complexity index is 572. The Labute approximate surface area is 107 Å². The molecular weight excluding hydrogens is 263 g/mol. The van der Waals surface area contributed by atoms with Gasteiger partial charge in [-0.1, -0.05) is 11.6 Å². The molecule has 0 fully saturated rings. The lowest BCUT2D eigenvalue weighted by Gasteiger charge is -2.08. The summed E-state index contributed by atoms with van der Waals surface area (Å²) in [4.78, 5) is 0.